The van der Waals surface area contributed by atoms with Crippen molar-refractivity contribution in [1.29, 1.82) is 0 Å². The van der Waals surface area contributed by atoms with Crippen LogP contribution in [0.2, 0.25) is 0 Å². The predicted molar refractivity (Wildman–Crippen MR) is 127 cm³/mol. The van der Waals surface area contributed by atoms with Crippen LogP contribution in [0.5, 0.6) is 0 Å². The molecule has 2 heterocycles. The van der Waals surface area contributed by atoms with Gasteiger partial charge in [-0.25, -0.2) is 13.8 Å². The standard InChI is InChI=1S/C25H20F2N6O/c1-14(34)30-18-7-16(20-5-4-17(26)10-22(20)27)8-19(11-18)33-13-29-23-9-15(3-6-24(23)33)21-12-32(2)31-25(21)28/h3-13H,1-2H3,(H2,28,31)(H,30,34). The molecule has 3 N–H and O–H groups in total. The van der Waals surface area contributed by atoms with Crippen LogP contribution in [0.1, 0.15) is 6.92 Å². The largest absolute Gasteiger partial charge is 0.382 e. The fourth-order valence-electron chi connectivity index (χ4n) is 4.02. The summed E-state index contributed by atoms with van der Waals surface area (Å²) < 4.78 is 31.5. The lowest BCUT2D eigenvalue weighted by molar-refractivity contribution is -0.114. The second-order valence-electron chi connectivity index (χ2n) is 7.99. The normalized spacial score (nSPS) is 11.2. The first kappa shape index (κ1) is 21.3. The molecule has 0 aliphatic carbocycles. The molecule has 0 radical (unpaired) electrons. The van der Waals surface area contributed by atoms with Crippen molar-refractivity contribution in [2.45, 2.75) is 6.92 Å². The number of aryl methyl sites for hydroxylation is 1. The van der Waals surface area contributed by atoms with Crippen LogP contribution < -0.4 is 11.1 Å². The number of rotatable bonds is 4. The van der Waals surface area contributed by atoms with E-state index in [1.54, 1.807) is 36.3 Å². The highest BCUT2D eigenvalue weighted by molar-refractivity contribution is 5.91. The lowest BCUT2D eigenvalue weighted by atomic mass is 10.0. The Kier molecular flexibility index (Phi) is 5.09. The van der Waals surface area contributed by atoms with Gasteiger partial charge in [0.2, 0.25) is 5.91 Å². The number of carbonyl (C=O) groups is 1. The van der Waals surface area contributed by atoms with E-state index in [1.165, 1.54) is 19.1 Å². The molecule has 1 amide bonds. The van der Waals surface area contributed by atoms with E-state index < -0.39 is 11.6 Å². The first-order valence-electron chi connectivity index (χ1n) is 10.4. The molecule has 170 valence electrons. The average Bonchev–Trinajstić information content (AvgIpc) is 3.34. The Hall–Kier alpha value is -4.53. The van der Waals surface area contributed by atoms with Crippen molar-refractivity contribution in [3.63, 3.8) is 0 Å². The Labute approximate surface area is 193 Å². The number of aromatic nitrogens is 4. The van der Waals surface area contributed by atoms with Crippen molar-refractivity contribution in [2.24, 2.45) is 7.05 Å². The number of imidazole rings is 1. The van der Waals surface area contributed by atoms with Crippen molar-refractivity contribution < 1.29 is 13.6 Å². The molecule has 0 saturated carbocycles. The fraction of sp³-hybridized carbons (Fsp3) is 0.0800. The highest BCUT2D eigenvalue weighted by Gasteiger charge is 2.14. The molecule has 0 unspecified atom stereocenters. The fourth-order valence-corrected chi connectivity index (χ4v) is 4.02. The number of hydrogen-bond acceptors (Lipinski definition) is 4. The van der Waals surface area contributed by atoms with Gasteiger partial charge >= 0.3 is 0 Å². The van der Waals surface area contributed by atoms with Gasteiger partial charge in [-0.05, 0) is 53.6 Å². The SMILES string of the molecule is CC(=O)Nc1cc(-c2ccc(F)cc2F)cc(-n2cnc3cc(-c4cn(C)nc4N)ccc32)c1. The minimum Gasteiger partial charge on any atom is -0.382 e. The topological polar surface area (TPSA) is 90.8 Å². The first-order valence-corrected chi connectivity index (χ1v) is 10.4. The molecule has 3 aromatic carbocycles. The summed E-state index contributed by atoms with van der Waals surface area (Å²) in [6.45, 7) is 1.39. The molecule has 0 aliphatic heterocycles. The van der Waals surface area contributed by atoms with E-state index in [4.69, 9.17) is 5.73 Å². The summed E-state index contributed by atoms with van der Waals surface area (Å²) in [6, 6.07) is 14.3. The van der Waals surface area contributed by atoms with E-state index >= 15 is 0 Å². The van der Waals surface area contributed by atoms with Crippen LogP contribution in [0.4, 0.5) is 20.3 Å². The van der Waals surface area contributed by atoms with Crippen molar-refractivity contribution in [3.8, 4) is 27.9 Å². The minimum atomic E-state index is -0.694. The summed E-state index contributed by atoms with van der Waals surface area (Å²) in [5.41, 5.74) is 11.1. The van der Waals surface area contributed by atoms with E-state index in [-0.39, 0.29) is 11.5 Å². The zero-order valence-corrected chi connectivity index (χ0v) is 18.4. The summed E-state index contributed by atoms with van der Waals surface area (Å²) in [6.07, 6.45) is 3.49. The molecule has 0 bridgehead atoms. The third kappa shape index (κ3) is 3.88. The minimum absolute atomic E-state index is 0.216. The summed E-state index contributed by atoms with van der Waals surface area (Å²) in [7, 11) is 1.80. The molecule has 5 aromatic rings. The van der Waals surface area contributed by atoms with Crippen molar-refractivity contribution in [1.82, 2.24) is 19.3 Å². The Morgan fingerprint density at radius 3 is 2.53 bits per heavy atom. The van der Waals surface area contributed by atoms with Gasteiger partial charge in [-0.3, -0.25) is 14.0 Å². The molecular formula is C25H20F2N6O. The molecule has 0 saturated heterocycles. The average molecular weight is 458 g/mol. The second-order valence-corrected chi connectivity index (χ2v) is 7.99. The number of fused-ring (bicyclic) bond motifs is 1. The molecule has 2 aromatic heterocycles. The molecular weight excluding hydrogens is 438 g/mol. The van der Waals surface area contributed by atoms with Gasteiger partial charge in [0, 0.05) is 48.7 Å². The molecule has 0 spiro atoms. The van der Waals surface area contributed by atoms with Gasteiger partial charge in [-0.15, -0.1) is 0 Å². The highest BCUT2D eigenvalue weighted by atomic mass is 19.1. The number of carbonyl (C=O) groups excluding carboxylic acids is 1. The Balaban J connectivity index is 1.64. The number of benzene rings is 3. The van der Waals surface area contributed by atoms with Crippen LogP contribution in [0.15, 0.2) is 67.1 Å². The lowest BCUT2D eigenvalue weighted by Crippen LogP contribution is -2.07. The van der Waals surface area contributed by atoms with Crippen LogP contribution in [-0.4, -0.2) is 25.2 Å². The van der Waals surface area contributed by atoms with Gasteiger partial charge in [-0.2, -0.15) is 5.10 Å². The number of hydrogen-bond donors (Lipinski definition) is 2. The van der Waals surface area contributed by atoms with E-state index in [1.807, 2.05) is 29.0 Å². The Morgan fingerprint density at radius 2 is 1.82 bits per heavy atom. The summed E-state index contributed by atoms with van der Waals surface area (Å²) in [5, 5.41) is 6.93. The molecule has 0 fully saturated rings. The monoisotopic (exact) mass is 458 g/mol. The Bertz CT molecular complexity index is 1570. The number of amides is 1. The summed E-state index contributed by atoms with van der Waals surface area (Å²) in [5.74, 6) is -1.20. The maximum absolute atomic E-state index is 14.5. The van der Waals surface area contributed by atoms with Gasteiger partial charge in [0.05, 0.1) is 11.0 Å². The van der Waals surface area contributed by atoms with E-state index in [0.29, 0.717) is 22.8 Å². The van der Waals surface area contributed by atoms with Gasteiger partial charge in [0.1, 0.15) is 18.0 Å². The first-order chi connectivity index (χ1) is 16.3. The molecule has 34 heavy (non-hydrogen) atoms. The van der Waals surface area contributed by atoms with Gasteiger partial charge in [-0.1, -0.05) is 6.07 Å². The maximum Gasteiger partial charge on any atom is 0.221 e. The van der Waals surface area contributed by atoms with Crippen LogP contribution in [0.25, 0.3) is 39.0 Å². The van der Waals surface area contributed by atoms with Crippen LogP contribution in [-0.2, 0) is 11.8 Å². The Morgan fingerprint density at radius 1 is 1.00 bits per heavy atom. The molecule has 0 aliphatic rings. The third-order valence-electron chi connectivity index (χ3n) is 5.47. The number of nitrogen functional groups attached to an aromatic ring is 1. The number of nitrogens with one attached hydrogen (secondary N) is 1. The predicted octanol–water partition coefficient (Wildman–Crippen LogP) is 4.91. The van der Waals surface area contributed by atoms with Crippen LogP contribution in [0, 0.1) is 11.6 Å². The quantitative estimate of drug-likeness (QED) is 0.400. The molecule has 5 rings (SSSR count). The van der Waals surface area contributed by atoms with Gasteiger partial charge in [0.25, 0.3) is 0 Å². The van der Waals surface area contributed by atoms with Gasteiger partial charge < -0.3 is 11.1 Å². The van der Waals surface area contributed by atoms with Crippen molar-refractivity contribution >= 4 is 28.4 Å². The number of nitrogens with two attached hydrogens (primary N) is 1. The number of nitrogens with zero attached hydrogens (tertiary/aromatic N) is 4. The zero-order chi connectivity index (χ0) is 24.0. The van der Waals surface area contributed by atoms with Crippen molar-refractivity contribution in [2.75, 3.05) is 11.1 Å². The molecule has 7 nitrogen and oxygen atoms in total. The molecule has 0 atom stereocenters. The smallest absolute Gasteiger partial charge is 0.221 e. The number of halogens is 2. The summed E-state index contributed by atoms with van der Waals surface area (Å²) in [4.78, 5) is 16.2. The highest BCUT2D eigenvalue weighted by Crippen LogP contribution is 2.32. The van der Waals surface area contributed by atoms with Crippen LogP contribution in [0.3, 0.4) is 0 Å². The lowest BCUT2D eigenvalue weighted by Gasteiger charge is -2.13. The number of anilines is 2. The third-order valence-corrected chi connectivity index (χ3v) is 5.47. The zero-order valence-electron chi connectivity index (χ0n) is 18.4. The maximum atomic E-state index is 14.5. The molecule has 9 heteroatoms. The summed E-state index contributed by atoms with van der Waals surface area (Å²) >= 11 is 0. The second kappa shape index (κ2) is 8.11. The van der Waals surface area contributed by atoms with E-state index in [0.717, 1.165) is 28.2 Å². The van der Waals surface area contributed by atoms with E-state index in [9.17, 15) is 13.6 Å². The van der Waals surface area contributed by atoms with Crippen molar-refractivity contribution in [3.05, 3.63) is 78.8 Å². The van der Waals surface area contributed by atoms with E-state index in [2.05, 4.69) is 15.4 Å². The van der Waals surface area contributed by atoms with Crippen LogP contribution >= 0.6 is 0 Å². The van der Waals surface area contributed by atoms with Gasteiger partial charge in [0.15, 0.2) is 5.82 Å².